The van der Waals surface area contributed by atoms with Crippen molar-refractivity contribution < 1.29 is 57.5 Å². The number of rotatable bonds is 2. The van der Waals surface area contributed by atoms with Crippen LogP contribution in [0.1, 0.15) is 0 Å². The van der Waals surface area contributed by atoms with Crippen LogP contribution < -0.4 is 35.0 Å². The molecule has 0 unspecified atom stereocenters. The first kappa shape index (κ1) is 20.4. The van der Waals surface area contributed by atoms with Gasteiger partial charge < -0.3 is 15.0 Å². The topological polar surface area (TPSA) is 136 Å². The zero-order chi connectivity index (χ0) is 15.9. The Morgan fingerprint density at radius 3 is 2.21 bits per heavy atom. The van der Waals surface area contributed by atoms with Crippen molar-refractivity contribution in [1.29, 1.82) is 0 Å². The molecule has 7 nitrogen and oxygen atoms in total. The van der Waals surface area contributed by atoms with E-state index in [4.69, 9.17) is 4.42 Å². The van der Waals surface area contributed by atoms with Gasteiger partial charge in [0.15, 0.2) is 5.76 Å². The fourth-order valence-electron chi connectivity index (χ4n) is 2.19. The predicted molar refractivity (Wildman–Crippen MR) is 83.0 cm³/mol. The molecule has 0 saturated heterocycles. The van der Waals surface area contributed by atoms with Crippen molar-refractivity contribution >= 4 is 21.1 Å². The third-order valence-electron chi connectivity index (χ3n) is 3.18. The molecule has 9 heteroatoms. The van der Waals surface area contributed by atoms with Gasteiger partial charge in [0.1, 0.15) is 10.5 Å². The molecular formula is C15H12NaO7S+. The molecule has 1 aromatic heterocycles. The maximum absolute atomic E-state index is 12.2. The zero-order valence-electron chi connectivity index (χ0n) is 12.6. The number of hydrogen-bond donors (Lipinski definition) is 2. The van der Waals surface area contributed by atoms with E-state index >= 15 is 0 Å². The van der Waals surface area contributed by atoms with E-state index in [9.17, 15) is 22.9 Å². The summed E-state index contributed by atoms with van der Waals surface area (Å²) >= 11 is 0. The van der Waals surface area contributed by atoms with E-state index in [-0.39, 0.29) is 57.3 Å². The van der Waals surface area contributed by atoms with Gasteiger partial charge in [-0.15, -0.1) is 0 Å². The molecule has 0 bridgehead atoms. The average molecular weight is 359 g/mol. The van der Waals surface area contributed by atoms with Gasteiger partial charge in [-0.25, -0.2) is 0 Å². The summed E-state index contributed by atoms with van der Waals surface area (Å²) in [5.74, 6) is -1.02. The minimum Gasteiger partial charge on any atom is -0.502 e. The van der Waals surface area contributed by atoms with Crippen LogP contribution in [-0.2, 0) is 10.1 Å². The second-order valence-corrected chi connectivity index (χ2v) is 5.97. The molecule has 1 heterocycles. The zero-order valence-corrected chi connectivity index (χ0v) is 15.4. The first-order chi connectivity index (χ1) is 10.4. The molecular weight excluding hydrogens is 347 g/mol. The van der Waals surface area contributed by atoms with Crippen LogP contribution in [0, 0.1) is 0 Å². The van der Waals surface area contributed by atoms with E-state index < -0.39 is 26.2 Å². The van der Waals surface area contributed by atoms with Crippen molar-refractivity contribution in [1.82, 2.24) is 0 Å². The van der Waals surface area contributed by atoms with Crippen LogP contribution in [0.3, 0.4) is 0 Å². The van der Waals surface area contributed by atoms with Gasteiger partial charge in [-0.1, -0.05) is 24.3 Å². The van der Waals surface area contributed by atoms with Crippen molar-refractivity contribution in [3.63, 3.8) is 0 Å². The van der Waals surface area contributed by atoms with E-state index in [0.717, 1.165) is 6.07 Å². The van der Waals surface area contributed by atoms with Gasteiger partial charge in [-0.05, 0) is 24.3 Å². The molecule has 0 spiro atoms. The molecule has 3 rings (SSSR count). The number of hydrogen-bond acceptors (Lipinski definition) is 5. The first-order valence-corrected chi connectivity index (χ1v) is 7.65. The van der Waals surface area contributed by atoms with Crippen molar-refractivity contribution in [2.75, 3.05) is 0 Å². The van der Waals surface area contributed by atoms with Gasteiger partial charge in [-0.2, -0.15) is 8.42 Å². The van der Waals surface area contributed by atoms with Crippen LogP contribution in [-0.4, -0.2) is 23.6 Å². The Kier molecular flexibility index (Phi) is 6.34. The average Bonchev–Trinajstić information content (AvgIpc) is 2.50. The van der Waals surface area contributed by atoms with Crippen LogP contribution in [0.4, 0.5) is 0 Å². The van der Waals surface area contributed by atoms with E-state index in [1.165, 1.54) is 30.3 Å². The fraction of sp³-hybridized carbons (Fsp3) is 0. The maximum atomic E-state index is 12.2. The SMILES string of the molecule is O.O=c1c(O)c(-c2ccccc2S(=O)(=O)O)oc2ccccc12.[Na+]. The van der Waals surface area contributed by atoms with Gasteiger partial charge in [0.2, 0.25) is 11.2 Å². The molecule has 0 fully saturated rings. The molecule has 2 aromatic carbocycles. The third kappa shape index (κ3) is 3.54. The molecule has 0 saturated carbocycles. The van der Waals surface area contributed by atoms with Gasteiger partial charge in [0.05, 0.1) is 5.39 Å². The number of para-hydroxylation sites is 1. The molecule has 4 N–H and O–H groups in total. The summed E-state index contributed by atoms with van der Waals surface area (Å²) in [7, 11) is -4.54. The largest absolute Gasteiger partial charge is 1.00 e. The second-order valence-electron chi connectivity index (χ2n) is 4.58. The molecule has 0 amide bonds. The molecule has 0 atom stereocenters. The van der Waals surface area contributed by atoms with Gasteiger partial charge in [0.25, 0.3) is 10.1 Å². The normalized spacial score (nSPS) is 10.7. The van der Waals surface area contributed by atoms with Crippen molar-refractivity contribution in [3.05, 3.63) is 58.8 Å². The van der Waals surface area contributed by atoms with Crippen LogP contribution in [0.25, 0.3) is 22.3 Å². The molecule has 0 radical (unpaired) electrons. The Labute approximate surface area is 158 Å². The second kappa shape index (κ2) is 7.47. The van der Waals surface area contributed by atoms with E-state index in [1.54, 1.807) is 12.1 Å². The molecule has 0 aliphatic heterocycles. The predicted octanol–water partition coefficient (Wildman–Crippen LogP) is -1.41. The molecule has 3 aromatic rings. The molecule has 120 valence electrons. The maximum Gasteiger partial charge on any atom is 1.00 e. The quantitative estimate of drug-likeness (QED) is 0.426. The van der Waals surface area contributed by atoms with E-state index in [1.807, 2.05) is 0 Å². The molecule has 0 aliphatic rings. The Balaban J connectivity index is 0.00000144. The number of benzene rings is 2. The van der Waals surface area contributed by atoms with Crippen LogP contribution in [0.15, 0.2) is 62.6 Å². The minimum absolute atomic E-state index is 0. The molecule has 24 heavy (non-hydrogen) atoms. The summed E-state index contributed by atoms with van der Waals surface area (Å²) < 4.78 is 37.6. The van der Waals surface area contributed by atoms with Gasteiger partial charge in [-0.3, -0.25) is 9.35 Å². The van der Waals surface area contributed by atoms with Gasteiger partial charge >= 0.3 is 29.6 Å². The Morgan fingerprint density at radius 2 is 1.54 bits per heavy atom. The van der Waals surface area contributed by atoms with E-state index in [2.05, 4.69) is 0 Å². The summed E-state index contributed by atoms with van der Waals surface area (Å²) in [5, 5.41) is 10.2. The molecule has 0 aliphatic carbocycles. The summed E-state index contributed by atoms with van der Waals surface area (Å²) in [4.78, 5) is 11.7. The van der Waals surface area contributed by atoms with Crippen molar-refractivity contribution in [3.8, 4) is 17.1 Å². The smallest absolute Gasteiger partial charge is 0.502 e. The van der Waals surface area contributed by atoms with Crippen LogP contribution in [0.5, 0.6) is 5.75 Å². The van der Waals surface area contributed by atoms with Crippen LogP contribution in [0.2, 0.25) is 0 Å². The minimum atomic E-state index is -4.54. The Bertz CT molecular complexity index is 1040. The van der Waals surface area contributed by atoms with Gasteiger partial charge in [0, 0.05) is 5.56 Å². The monoisotopic (exact) mass is 359 g/mol. The Morgan fingerprint density at radius 1 is 0.958 bits per heavy atom. The van der Waals surface area contributed by atoms with Crippen molar-refractivity contribution in [2.45, 2.75) is 4.90 Å². The first-order valence-electron chi connectivity index (χ1n) is 6.21. The Hall–Kier alpha value is -1.68. The third-order valence-corrected chi connectivity index (χ3v) is 4.10. The summed E-state index contributed by atoms with van der Waals surface area (Å²) in [6, 6.07) is 11.6. The fourth-order valence-corrected chi connectivity index (χ4v) is 2.88. The number of aromatic hydroxyl groups is 1. The summed E-state index contributed by atoms with van der Waals surface area (Å²) in [5.41, 5.74) is -0.571. The number of fused-ring (bicyclic) bond motifs is 1. The summed E-state index contributed by atoms with van der Waals surface area (Å²) in [6.07, 6.45) is 0. The van der Waals surface area contributed by atoms with Crippen molar-refractivity contribution in [2.24, 2.45) is 0 Å². The standard InChI is InChI=1S/C15H10O6S.Na.H2O/c16-13-9-5-1-3-7-11(9)21-15(14(13)17)10-6-2-4-8-12(10)22(18,19)20;;/h1-8,17H,(H,18,19,20);;1H2/q;+1;. The van der Waals surface area contributed by atoms with Crippen LogP contribution >= 0.6 is 0 Å². The van der Waals surface area contributed by atoms with E-state index in [0.29, 0.717) is 0 Å². The summed E-state index contributed by atoms with van der Waals surface area (Å²) in [6.45, 7) is 0.